The van der Waals surface area contributed by atoms with E-state index in [1.807, 2.05) is 19.1 Å². The standard InChI is InChI=1S/C16H25FN2O/c1-3-16(20)12-18(2)14-8-10-19(11-9-14)15-6-4-13(17)5-7-15/h4-7,14,16,20H,3,8-12H2,1-2H3/t16-/m1/s1. The van der Waals surface area contributed by atoms with Crippen molar-refractivity contribution in [3.63, 3.8) is 0 Å². The first kappa shape index (κ1) is 15.3. The van der Waals surface area contributed by atoms with Gasteiger partial charge in [0.2, 0.25) is 0 Å². The molecule has 1 saturated heterocycles. The van der Waals surface area contributed by atoms with Gasteiger partial charge in [0.05, 0.1) is 6.10 Å². The SMILES string of the molecule is CC[C@@H](O)CN(C)C1CCN(c2ccc(F)cc2)CC1. The summed E-state index contributed by atoms with van der Waals surface area (Å²) in [7, 11) is 2.09. The van der Waals surface area contributed by atoms with Crippen LogP contribution in [-0.2, 0) is 0 Å². The van der Waals surface area contributed by atoms with E-state index in [0.717, 1.165) is 44.6 Å². The van der Waals surface area contributed by atoms with Crippen LogP contribution in [0.2, 0.25) is 0 Å². The van der Waals surface area contributed by atoms with Gasteiger partial charge in [0.25, 0.3) is 0 Å². The number of rotatable bonds is 5. The van der Waals surface area contributed by atoms with E-state index >= 15 is 0 Å². The molecular weight excluding hydrogens is 255 g/mol. The number of benzene rings is 1. The highest BCUT2D eigenvalue weighted by Crippen LogP contribution is 2.22. The molecule has 0 unspecified atom stereocenters. The summed E-state index contributed by atoms with van der Waals surface area (Å²) < 4.78 is 12.9. The van der Waals surface area contributed by atoms with Crippen LogP contribution >= 0.6 is 0 Å². The van der Waals surface area contributed by atoms with Crippen LogP contribution < -0.4 is 4.90 Å². The topological polar surface area (TPSA) is 26.7 Å². The Kier molecular flexibility index (Phi) is 5.38. The molecule has 1 aromatic carbocycles. The highest BCUT2D eigenvalue weighted by atomic mass is 19.1. The molecule has 1 aromatic rings. The van der Waals surface area contributed by atoms with Crippen molar-refractivity contribution in [3.05, 3.63) is 30.1 Å². The molecular formula is C16H25FN2O. The molecule has 2 rings (SSSR count). The lowest BCUT2D eigenvalue weighted by Gasteiger charge is -2.38. The van der Waals surface area contributed by atoms with Crippen LogP contribution in [-0.4, -0.2) is 48.8 Å². The number of hydrogen-bond donors (Lipinski definition) is 1. The maximum absolute atomic E-state index is 12.9. The number of aliphatic hydroxyl groups is 1. The van der Waals surface area contributed by atoms with E-state index in [-0.39, 0.29) is 11.9 Å². The monoisotopic (exact) mass is 280 g/mol. The lowest BCUT2D eigenvalue weighted by Crippen LogP contribution is -2.45. The van der Waals surface area contributed by atoms with Gasteiger partial charge in [0.1, 0.15) is 5.82 Å². The second kappa shape index (κ2) is 7.04. The average Bonchev–Trinajstić information content (AvgIpc) is 2.48. The summed E-state index contributed by atoms with van der Waals surface area (Å²) >= 11 is 0. The fourth-order valence-electron chi connectivity index (χ4n) is 2.83. The molecule has 0 aromatic heterocycles. The molecule has 1 heterocycles. The van der Waals surface area contributed by atoms with E-state index in [4.69, 9.17) is 0 Å². The minimum absolute atomic E-state index is 0.183. The number of nitrogens with zero attached hydrogens (tertiary/aromatic N) is 2. The summed E-state index contributed by atoms with van der Waals surface area (Å²) in [5.74, 6) is -0.183. The van der Waals surface area contributed by atoms with Gasteiger partial charge in [-0.3, -0.25) is 0 Å². The van der Waals surface area contributed by atoms with Gasteiger partial charge in [-0.1, -0.05) is 6.92 Å². The van der Waals surface area contributed by atoms with Gasteiger partial charge in [0.15, 0.2) is 0 Å². The van der Waals surface area contributed by atoms with Crippen LogP contribution in [0.5, 0.6) is 0 Å². The van der Waals surface area contributed by atoms with E-state index in [2.05, 4.69) is 16.8 Å². The normalized spacial score (nSPS) is 18.6. The van der Waals surface area contributed by atoms with Gasteiger partial charge >= 0.3 is 0 Å². The molecule has 1 atom stereocenters. The van der Waals surface area contributed by atoms with Crippen LogP contribution in [0.4, 0.5) is 10.1 Å². The van der Waals surface area contributed by atoms with Gasteiger partial charge < -0.3 is 14.9 Å². The summed E-state index contributed by atoms with van der Waals surface area (Å²) in [5, 5.41) is 9.73. The maximum Gasteiger partial charge on any atom is 0.123 e. The summed E-state index contributed by atoms with van der Waals surface area (Å²) in [5.41, 5.74) is 1.10. The minimum atomic E-state index is -0.227. The zero-order chi connectivity index (χ0) is 14.5. The lowest BCUT2D eigenvalue weighted by molar-refractivity contribution is 0.0932. The van der Waals surface area contributed by atoms with Crippen molar-refractivity contribution in [1.82, 2.24) is 4.90 Å². The zero-order valence-electron chi connectivity index (χ0n) is 12.4. The molecule has 1 N–H and O–H groups in total. The Morgan fingerprint density at radius 2 is 1.90 bits per heavy atom. The first-order valence-electron chi connectivity index (χ1n) is 7.49. The molecule has 0 bridgehead atoms. The van der Waals surface area contributed by atoms with Crippen molar-refractivity contribution in [2.45, 2.75) is 38.3 Å². The molecule has 0 amide bonds. The fraction of sp³-hybridized carbons (Fsp3) is 0.625. The van der Waals surface area contributed by atoms with Gasteiger partial charge in [-0.15, -0.1) is 0 Å². The Labute approximate surface area is 121 Å². The van der Waals surface area contributed by atoms with E-state index < -0.39 is 0 Å². The molecule has 1 aliphatic heterocycles. The molecule has 1 fully saturated rings. The second-order valence-electron chi connectivity index (χ2n) is 5.70. The van der Waals surface area contributed by atoms with Crippen LogP contribution in [0.1, 0.15) is 26.2 Å². The molecule has 20 heavy (non-hydrogen) atoms. The van der Waals surface area contributed by atoms with Gasteiger partial charge in [-0.05, 0) is 50.6 Å². The Morgan fingerprint density at radius 1 is 1.30 bits per heavy atom. The van der Waals surface area contributed by atoms with Crippen molar-refractivity contribution in [2.24, 2.45) is 0 Å². The summed E-state index contributed by atoms with van der Waals surface area (Å²) in [4.78, 5) is 4.58. The molecule has 4 heteroatoms. The molecule has 112 valence electrons. The molecule has 0 spiro atoms. The van der Waals surface area contributed by atoms with Crippen LogP contribution in [0.3, 0.4) is 0 Å². The van der Waals surface area contributed by atoms with Crippen molar-refractivity contribution < 1.29 is 9.50 Å². The predicted molar refractivity (Wildman–Crippen MR) is 80.6 cm³/mol. The van der Waals surface area contributed by atoms with Crippen molar-refractivity contribution in [2.75, 3.05) is 31.6 Å². The number of hydrogen-bond acceptors (Lipinski definition) is 3. The third-order valence-electron chi connectivity index (χ3n) is 4.25. The summed E-state index contributed by atoms with van der Waals surface area (Å²) in [6.45, 7) is 4.74. The van der Waals surface area contributed by atoms with Crippen molar-refractivity contribution in [3.8, 4) is 0 Å². The first-order valence-corrected chi connectivity index (χ1v) is 7.49. The van der Waals surface area contributed by atoms with E-state index in [9.17, 15) is 9.50 Å². The van der Waals surface area contributed by atoms with Crippen molar-refractivity contribution in [1.29, 1.82) is 0 Å². The third-order valence-corrected chi connectivity index (χ3v) is 4.25. The smallest absolute Gasteiger partial charge is 0.123 e. The van der Waals surface area contributed by atoms with Crippen LogP contribution in [0.15, 0.2) is 24.3 Å². The first-order chi connectivity index (χ1) is 9.60. The molecule has 3 nitrogen and oxygen atoms in total. The summed E-state index contributed by atoms with van der Waals surface area (Å²) in [6.07, 6.45) is 2.75. The van der Waals surface area contributed by atoms with Gasteiger partial charge in [-0.25, -0.2) is 4.39 Å². The average molecular weight is 280 g/mol. The minimum Gasteiger partial charge on any atom is -0.392 e. The lowest BCUT2D eigenvalue weighted by atomic mass is 10.0. The molecule has 0 aliphatic carbocycles. The maximum atomic E-state index is 12.9. The Bertz CT molecular complexity index is 401. The number of piperidine rings is 1. The zero-order valence-corrected chi connectivity index (χ0v) is 12.4. The van der Waals surface area contributed by atoms with Crippen LogP contribution in [0, 0.1) is 5.82 Å². The Hall–Kier alpha value is -1.13. The van der Waals surface area contributed by atoms with E-state index in [1.165, 1.54) is 12.1 Å². The molecule has 1 aliphatic rings. The van der Waals surface area contributed by atoms with Crippen LogP contribution in [0.25, 0.3) is 0 Å². The Morgan fingerprint density at radius 3 is 2.45 bits per heavy atom. The summed E-state index contributed by atoms with van der Waals surface area (Å²) in [6, 6.07) is 7.27. The quantitative estimate of drug-likeness (QED) is 0.897. The third kappa shape index (κ3) is 3.93. The number of halogens is 1. The number of anilines is 1. The van der Waals surface area contributed by atoms with E-state index in [0.29, 0.717) is 6.04 Å². The van der Waals surface area contributed by atoms with Crippen molar-refractivity contribution >= 4 is 5.69 Å². The predicted octanol–water partition coefficient (Wildman–Crippen LogP) is 2.50. The largest absolute Gasteiger partial charge is 0.392 e. The van der Waals surface area contributed by atoms with Gasteiger partial charge in [0, 0.05) is 31.4 Å². The second-order valence-corrected chi connectivity index (χ2v) is 5.70. The highest BCUT2D eigenvalue weighted by molar-refractivity contribution is 5.46. The number of likely N-dealkylation sites (N-methyl/N-ethyl adjacent to an activating group) is 1. The number of aliphatic hydroxyl groups excluding tert-OH is 1. The fourth-order valence-corrected chi connectivity index (χ4v) is 2.83. The highest BCUT2D eigenvalue weighted by Gasteiger charge is 2.23. The Balaban J connectivity index is 1.84. The molecule has 0 saturated carbocycles. The molecule has 0 radical (unpaired) electrons. The van der Waals surface area contributed by atoms with Gasteiger partial charge in [-0.2, -0.15) is 0 Å². The van der Waals surface area contributed by atoms with E-state index in [1.54, 1.807) is 0 Å².